The molecule has 2 aliphatic rings. The maximum absolute atomic E-state index is 5.78. The quantitative estimate of drug-likeness (QED) is 0.848. The highest BCUT2D eigenvalue weighted by Gasteiger charge is 2.44. The first-order chi connectivity index (χ1) is 11.3. The summed E-state index contributed by atoms with van der Waals surface area (Å²) in [6, 6.07) is 6.62. The van der Waals surface area contributed by atoms with Crippen molar-refractivity contribution in [3.63, 3.8) is 0 Å². The van der Waals surface area contributed by atoms with Gasteiger partial charge in [0.2, 0.25) is 0 Å². The van der Waals surface area contributed by atoms with Gasteiger partial charge in [-0.2, -0.15) is 0 Å². The Morgan fingerprint density at radius 1 is 1.22 bits per heavy atom. The third-order valence-electron chi connectivity index (χ3n) is 5.28. The Hall–Kier alpha value is -1.56. The first-order valence-electron chi connectivity index (χ1n) is 8.36. The van der Waals surface area contributed by atoms with Crippen LogP contribution in [0.5, 0.6) is 0 Å². The maximum atomic E-state index is 5.78. The number of furan rings is 2. The number of hydrogen-bond acceptors (Lipinski definition) is 5. The van der Waals surface area contributed by atoms with Crippen LogP contribution in [0.3, 0.4) is 0 Å². The van der Waals surface area contributed by atoms with Gasteiger partial charge in [-0.15, -0.1) is 0 Å². The SMILES string of the molecule is CO[C@H]1CCN(Cc2ccoc2)[C@@H]2CN(Cc3ccco3)C[C@H]12. The Morgan fingerprint density at radius 2 is 2.17 bits per heavy atom. The predicted molar refractivity (Wildman–Crippen MR) is 85.8 cm³/mol. The third-order valence-corrected chi connectivity index (χ3v) is 5.28. The molecule has 2 aromatic heterocycles. The van der Waals surface area contributed by atoms with Gasteiger partial charge in [-0.1, -0.05) is 0 Å². The second-order valence-electron chi connectivity index (χ2n) is 6.67. The summed E-state index contributed by atoms with van der Waals surface area (Å²) in [5.74, 6) is 1.61. The molecule has 2 saturated heterocycles. The van der Waals surface area contributed by atoms with Gasteiger partial charge in [0.1, 0.15) is 5.76 Å². The molecule has 0 bridgehead atoms. The van der Waals surface area contributed by atoms with Crippen molar-refractivity contribution in [2.24, 2.45) is 5.92 Å². The van der Waals surface area contributed by atoms with Gasteiger partial charge in [0.05, 0.1) is 31.4 Å². The average Bonchev–Trinajstić information content (AvgIpc) is 3.29. The molecule has 0 aromatic carbocycles. The van der Waals surface area contributed by atoms with Crippen LogP contribution < -0.4 is 0 Å². The molecule has 0 radical (unpaired) electrons. The minimum absolute atomic E-state index is 0.363. The van der Waals surface area contributed by atoms with Gasteiger partial charge in [0.25, 0.3) is 0 Å². The van der Waals surface area contributed by atoms with Crippen molar-refractivity contribution in [3.8, 4) is 0 Å². The van der Waals surface area contributed by atoms with Crippen molar-refractivity contribution in [1.29, 1.82) is 0 Å². The van der Waals surface area contributed by atoms with E-state index in [1.807, 2.05) is 19.4 Å². The molecule has 2 aliphatic heterocycles. The number of likely N-dealkylation sites (tertiary alicyclic amines) is 2. The van der Waals surface area contributed by atoms with Crippen LogP contribution in [0.25, 0.3) is 0 Å². The smallest absolute Gasteiger partial charge is 0.117 e. The number of ether oxygens (including phenoxy) is 1. The number of hydrogen-bond donors (Lipinski definition) is 0. The first-order valence-corrected chi connectivity index (χ1v) is 8.36. The van der Waals surface area contributed by atoms with Crippen molar-refractivity contribution >= 4 is 0 Å². The summed E-state index contributed by atoms with van der Waals surface area (Å²) in [6.07, 6.45) is 6.83. The Kier molecular flexibility index (Phi) is 4.25. The van der Waals surface area contributed by atoms with E-state index in [1.165, 1.54) is 5.56 Å². The molecule has 4 heterocycles. The second-order valence-corrected chi connectivity index (χ2v) is 6.67. The molecule has 0 aliphatic carbocycles. The lowest BCUT2D eigenvalue weighted by atomic mass is 9.89. The summed E-state index contributed by atoms with van der Waals surface area (Å²) in [7, 11) is 1.85. The van der Waals surface area contributed by atoms with E-state index in [4.69, 9.17) is 13.6 Å². The van der Waals surface area contributed by atoms with E-state index in [1.54, 1.807) is 12.5 Å². The van der Waals surface area contributed by atoms with Gasteiger partial charge < -0.3 is 13.6 Å². The average molecular weight is 316 g/mol. The number of nitrogens with zero attached hydrogens (tertiary/aromatic N) is 2. The third kappa shape index (κ3) is 3.09. The highest BCUT2D eigenvalue weighted by molar-refractivity contribution is 5.08. The summed E-state index contributed by atoms with van der Waals surface area (Å²) in [5, 5.41) is 0. The molecule has 2 fully saturated rings. The molecule has 124 valence electrons. The van der Waals surface area contributed by atoms with Crippen LogP contribution in [0.4, 0.5) is 0 Å². The van der Waals surface area contributed by atoms with E-state index in [2.05, 4.69) is 21.9 Å². The molecule has 4 rings (SSSR count). The first kappa shape index (κ1) is 15.0. The van der Waals surface area contributed by atoms with Crippen molar-refractivity contribution in [1.82, 2.24) is 9.80 Å². The molecule has 0 amide bonds. The van der Waals surface area contributed by atoms with Crippen LogP contribution in [0.15, 0.2) is 45.8 Å². The zero-order chi connectivity index (χ0) is 15.6. The van der Waals surface area contributed by atoms with E-state index < -0.39 is 0 Å². The summed E-state index contributed by atoms with van der Waals surface area (Å²) < 4.78 is 16.5. The molecular weight excluding hydrogens is 292 g/mol. The Morgan fingerprint density at radius 3 is 2.91 bits per heavy atom. The van der Waals surface area contributed by atoms with E-state index in [9.17, 15) is 0 Å². The fourth-order valence-corrected chi connectivity index (χ4v) is 4.18. The molecule has 2 aromatic rings. The maximum Gasteiger partial charge on any atom is 0.117 e. The van der Waals surface area contributed by atoms with Crippen molar-refractivity contribution in [2.75, 3.05) is 26.7 Å². The van der Waals surface area contributed by atoms with Crippen molar-refractivity contribution < 1.29 is 13.6 Å². The summed E-state index contributed by atoms with van der Waals surface area (Å²) in [6.45, 7) is 5.08. The molecule has 3 atom stereocenters. The number of piperidine rings is 1. The lowest BCUT2D eigenvalue weighted by molar-refractivity contribution is -0.0245. The minimum atomic E-state index is 0.363. The van der Waals surface area contributed by atoms with Crippen molar-refractivity contribution in [2.45, 2.75) is 31.7 Å². The number of fused-ring (bicyclic) bond motifs is 1. The number of methoxy groups -OCH3 is 1. The van der Waals surface area contributed by atoms with E-state index >= 15 is 0 Å². The fourth-order valence-electron chi connectivity index (χ4n) is 4.18. The van der Waals surface area contributed by atoms with Gasteiger partial charge in [-0.3, -0.25) is 9.80 Å². The fraction of sp³-hybridized carbons (Fsp3) is 0.556. The molecule has 23 heavy (non-hydrogen) atoms. The molecule has 5 heteroatoms. The Bertz CT molecular complexity index is 596. The van der Waals surface area contributed by atoms with Gasteiger partial charge >= 0.3 is 0 Å². The van der Waals surface area contributed by atoms with Gasteiger partial charge in [-0.25, -0.2) is 0 Å². The Labute approximate surface area is 136 Å². The van der Waals surface area contributed by atoms with Gasteiger partial charge in [0, 0.05) is 50.8 Å². The van der Waals surface area contributed by atoms with Crippen LogP contribution in [-0.2, 0) is 17.8 Å². The zero-order valence-electron chi connectivity index (χ0n) is 13.6. The van der Waals surface area contributed by atoms with Crippen LogP contribution in [-0.4, -0.2) is 48.7 Å². The molecular formula is C18H24N2O3. The predicted octanol–water partition coefficient (Wildman–Crippen LogP) is 2.59. The lowest BCUT2D eigenvalue weighted by Gasteiger charge is -2.41. The zero-order valence-corrected chi connectivity index (χ0v) is 13.6. The topological polar surface area (TPSA) is 42.0 Å². The van der Waals surface area contributed by atoms with Crippen LogP contribution >= 0.6 is 0 Å². The lowest BCUT2D eigenvalue weighted by Crippen LogP contribution is -2.50. The van der Waals surface area contributed by atoms with Crippen LogP contribution in [0, 0.1) is 5.92 Å². The van der Waals surface area contributed by atoms with Gasteiger partial charge in [0.15, 0.2) is 0 Å². The van der Waals surface area contributed by atoms with Crippen LogP contribution in [0.1, 0.15) is 17.7 Å². The molecule has 0 saturated carbocycles. The van der Waals surface area contributed by atoms with E-state index in [0.717, 1.165) is 44.9 Å². The van der Waals surface area contributed by atoms with E-state index in [0.29, 0.717) is 18.1 Å². The molecule has 0 spiro atoms. The molecule has 0 N–H and O–H groups in total. The Balaban J connectivity index is 1.47. The van der Waals surface area contributed by atoms with E-state index in [-0.39, 0.29) is 0 Å². The second kappa shape index (κ2) is 6.51. The highest BCUT2D eigenvalue weighted by atomic mass is 16.5. The largest absolute Gasteiger partial charge is 0.472 e. The number of rotatable bonds is 5. The summed E-state index contributed by atoms with van der Waals surface area (Å²) in [4.78, 5) is 5.08. The highest BCUT2D eigenvalue weighted by Crippen LogP contribution is 2.34. The molecule has 5 nitrogen and oxygen atoms in total. The van der Waals surface area contributed by atoms with Crippen LogP contribution in [0.2, 0.25) is 0 Å². The summed E-state index contributed by atoms with van der Waals surface area (Å²) in [5.41, 5.74) is 1.25. The van der Waals surface area contributed by atoms with Gasteiger partial charge in [-0.05, 0) is 24.6 Å². The van der Waals surface area contributed by atoms with Crippen molar-refractivity contribution in [3.05, 3.63) is 48.3 Å². The summed E-state index contributed by atoms with van der Waals surface area (Å²) >= 11 is 0. The normalized spacial score (nSPS) is 29.0. The molecule has 0 unspecified atom stereocenters. The minimum Gasteiger partial charge on any atom is -0.472 e. The monoisotopic (exact) mass is 316 g/mol. The standard InChI is InChI=1S/C18H24N2O3/c1-21-18-4-6-20(9-14-5-8-22-13-14)17-12-19(11-16(17)18)10-15-3-2-7-23-15/h2-3,5,7-8,13,16-18H,4,6,9-12H2,1H3/t16-,17+,18-/m0/s1.